The molecule has 0 saturated heterocycles. The largest absolute Gasteiger partial charge is 0.270 e. The van der Waals surface area contributed by atoms with E-state index in [4.69, 9.17) is 5.10 Å². The third kappa shape index (κ3) is 2.53. The van der Waals surface area contributed by atoms with Crippen LogP contribution in [0.3, 0.4) is 0 Å². The highest BCUT2D eigenvalue weighted by molar-refractivity contribution is 7.14. The zero-order valence-corrected chi connectivity index (χ0v) is 16.0. The Kier molecular flexibility index (Phi) is 3.87. The molecule has 1 N–H and O–H groups in total. The first-order valence-electron chi connectivity index (χ1n) is 8.85. The lowest BCUT2D eigenvalue weighted by molar-refractivity contribution is -0.384. The standard InChI is InChI=1S/C19H22N4O2S/c1-18(2)13-7-8-19(18,3)16(10-13)21-22-17-20-15(11-26-17)12-5-4-6-14(9-12)23(24)25/h4-6,9,11,13H,7-8,10H2,1-3H3,(H,20,22)/b21-16-/t13-,19+/m1/s1. The first-order chi connectivity index (χ1) is 12.3. The van der Waals surface area contributed by atoms with Crippen LogP contribution in [0.4, 0.5) is 10.8 Å². The molecule has 26 heavy (non-hydrogen) atoms. The van der Waals surface area contributed by atoms with Crippen LogP contribution in [0.1, 0.15) is 40.0 Å². The molecule has 136 valence electrons. The number of nitrogens with one attached hydrogen (secondary N) is 1. The van der Waals surface area contributed by atoms with E-state index in [9.17, 15) is 10.1 Å². The van der Waals surface area contributed by atoms with E-state index in [2.05, 4.69) is 31.2 Å². The molecule has 4 rings (SSSR count). The van der Waals surface area contributed by atoms with E-state index in [1.807, 2.05) is 11.4 Å². The Morgan fingerprint density at radius 2 is 2.19 bits per heavy atom. The molecular formula is C19H22N4O2S. The molecule has 0 unspecified atom stereocenters. The fourth-order valence-electron chi connectivity index (χ4n) is 4.45. The van der Waals surface area contributed by atoms with Crippen molar-refractivity contribution in [3.05, 3.63) is 39.8 Å². The maximum Gasteiger partial charge on any atom is 0.270 e. The van der Waals surface area contributed by atoms with Crippen molar-refractivity contribution in [1.82, 2.24) is 4.98 Å². The van der Waals surface area contributed by atoms with Crippen molar-refractivity contribution in [2.75, 3.05) is 5.43 Å². The molecule has 7 heteroatoms. The summed E-state index contributed by atoms with van der Waals surface area (Å²) in [4.78, 5) is 15.1. The van der Waals surface area contributed by atoms with Gasteiger partial charge in [-0.1, -0.05) is 32.9 Å². The first kappa shape index (κ1) is 17.1. The highest BCUT2D eigenvalue weighted by atomic mass is 32.1. The summed E-state index contributed by atoms with van der Waals surface area (Å²) in [5, 5.41) is 18.3. The van der Waals surface area contributed by atoms with Crippen molar-refractivity contribution in [2.24, 2.45) is 21.8 Å². The summed E-state index contributed by atoms with van der Waals surface area (Å²) in [5.74, 6) is 0.713. The molecule has 0 radical (unpaired) electrons. The van der Waals surface area contributed by atoms with E-state index in [0.717, 1.165) is 17.7 Å². The molecule has 0 amide bonds. The highest BCUT2D eigenvalue weighted by Gasteiger charge is 2.59. The Labute approximate surface area is 156 Å². The number of rotatable bonds is 4. The second-order valence-corrected chi connectivity index (χ2v) is 8.87. The van der Waals surface area contributed by atoms with Gasteiger partial charge in [-0.25, -0.2) is 4.98 Å². The summed E-state index contributed by atoms with van der Waals surface area (Å²) < 4.78 is 0. The van der Waals surface area contributed by atoms with Gasteiger partial charge in [-0.2, -0.15) is 5.10 Å². The molecule has 0 aliphatic heterocycles. The zero-order valence-electron chi connectivity index (χ0n) is 15.2. The molecule has 1 heterocycles. The number of hydrogen-bond donors (Lipinski definition) is 1. The van der Waals surface area contributed by atoms with E-state index >= 15 is 0 Å². The lowest BCUT2D eigenvalue weighted by Crippen LogP contribution is -2.32. The lowest BCUT2D eigenvalue weighted by Gasteiger charge is -2.34. The predicted octanol–water partition coefficient (Wildman–Crippen LogP) is 5.33. The number of hydrazone groups is 1. The minimum absolute atomic E-state index is 0.0717. The van der Waals surface area contributed by atoms with Crippen molar-refractivity contribution < 1.29 is 4.92 Å². The van der Waals surface area contributed by atoms with Gasteiger partial charge < -0.3 is 0 Å². The monoisotopic (exact) mass is 370 g/mol. The van der Waals surface area contributed by atoms with Crippen LogP contribution in [-0.4, -0.2) is 15.6 Å². The summed E-state index contributed by atoms with van der Waals surface area (Å²) >= 11 is 1.46. The molecule has 2 fully saturated rings. The van der Waals surface area contributed by atoms with E-state index in [-0.39, 0.29) is 11.1 Å². The number of thiazole rings is 1. The molecule has 0 spiro atoms. The summed E-state index contributed by atoms with van der Waals surface area (Å²) in [7, 11) is 0. The molecule has 2 atom stereocenters. The highest BCUT2D eigenvalue weighted by Crippen LogP contribution is 2.63. The second kappa shape index (κ2) is 5.87. The number of nitro groups is 1. The molecule has 2 bridgehead atoms. The molecular weight excluding hydrogens is 348 g/mol. The van der Waals surface area contributed by atoms with Crippen LogP contribution >= 0.6 is 11.3 Å². The van der Waals surface area contributed by atoms with Gasteiger partial charge in [-0.15, -0.1) is 11.3 Å². The molecule has 6 nitrogen and oxygen atoms in total. The van der Waals surface area contributed by atoms with Crippen molar-refractivity contribution in [2.45, 2.75) is 40.0 Å². The van der Waals surface area contributed by atoms with Gasteiger partial charge in [0, 0.05) is 34.2 Å². The molecule has 1 aromatic carbocycles. The quantitative estimate of drug-likeness (QED) is 0.582. The van der Waals surface area contributed by atoms with Crippen molar-refractivity contribution in [1.29, 1.82) is 0 Å². The van der Waals surface area contributed by atoms with E-state index < -0.39 is 4.92 Å². The number of aromatic nitrogens is 1. The third-order valence-electron chi connectivity index (χ3n) is 6.66. The van der Waals surface area contributed by atoms with Gasteiger partial charge >= 0.3 is 0 Å². The van der Waals surface area contributed by atoms with Crippen molar-refractivity contribution in [3.63, 3.8) is 0 Å². The maximum atomic E-state index is 10.9. The lowest BCUT2D eigenvalue weighted by atomic mass is 9.70. The predicted molar refractivity (Wildman–Crippen MR) is 104 cm³/mol. The molecule has 2 aliphatic rings. The molecule has 2 saturated carbocycles. The Balaban J connectivity index is 1.53. The average Bonchev–Trinajstić information content (AvgIpc) is 3.22. The Morgan fingerprint density at radius 3 is 2.85 bits per heavy atom. The van der Waals surface area contributed by atoms with Gasteiger partial charge in [0.25, 0.3) is 5.69 Å². The SMILES string of the molecule is CC1(C)[C@@H]2CC[C@@]1(C)/C(=N\Nc1nc(-c3cccc([N+](=O)[O-])c3)cs1)C2. The number of nitrogens with zero attached hydrogens (tertiary/aromatic N) is 3. The summed E-state index contributed by atoms with van der Waals surface area (Å²) in [6.07, 6.45) is 3.54. The Morgan fingerprint density at radius 1 is 1.38 bits per heavy atom. The number of nitro benzene ring substituents is 1. The first-order valence-corrected chi connectivity index (χ1v) is 9.72. The Bertz CT molecular complexity index is 904. The normalized spacial score (nSPS) is 27.8. The average molecular weight is 370 g/mol. The minimum atomic E-state index is -0.390. The second-order valence-electron chi connectivity index (χ2n) is 8.01. The maximum absolute atomic E-state index is 10.9. The van der Waals surface area contributed by atoms with Gasteiger partial charge in [0.05, 0.1) is 10.6 Å². The van der Waals surface area contributed by atoms with Crippen LogP contribution < -0.4 is 5.43 Å². The summed E-state index contributed by atoms with van der Waals surface area (Å²) in [5.41, 5.74) is 6.35. The minimum Gasteiger partial charge on any atom is -0.258 e. The third-order valence-corrected chi connectivity index (χ3v) is 7.40. The summed E-state index contributed by atoms with van der Waals surface area (Å²) in [6.45, 7) is 7.05. The van der Waals surface area contributed by atoms with Crippen LogP contribution in [0.5, 0.6) is 0 Å². The zero-order chi connectivity index (χ0) is 18.5. The number of non-ortho nitro benzene ring substituents is 1. The van der Waals surface area contributed by atoms with Gasteiger partial charge in [0.2, 0.25) is 5.13 Å². The van der Waals surface area contributed by atoms with Gasteiger partial charge in [-0.05, 0) is 30.6 Å². The molecule has 2 aromatic rings. The Hall–Kier alpha value is -2.28. The van der Waals surface area contributed by atoms with Gasteiger partial charge in [-0.3, -0.25) is 15.5 Å². The van der Waals surface area contributed by atoms with Crippen LogP contribution in [-0.2, 0) is 0 Å². The van der Waals surface area contributed by atoms with Crippen molar-refractivity contribution in [3.8, 4) is 11.3 Å². The number of benzene rings is 1. The molecule has 2 aliphatic carbocycles. The van der Waals surface area contributed by atoms with E-state index in [0.29, 0.717) is 16.5 Å². The van der Waals surface area contributed by atoms with Crippen LogP contribution in [0.25, 0.3) is 11.3 Å². The fourth-order valence-corrected chi connectivity index (χ4v) is 5.11. The van der Waals surface area contributed by atoms with Gasteiger partial charge in [0.15, 0.2) is 0 Å². The number of fused-ring (bicyclic) bond motifs is 2. The smallest absolute Gasteiger partial charge is 0.258 e. The number of hydrogen-bond acceptors (Lipinski definition) is 6. The topological polar surface area (TPSA) is 80.4 Å². The fraction of sp³-hybridized carbons (Fsp3) is 0.474. The van der Waals surface area contributed by atoms with Gasteiger partial charge in [0.1, 0.15) is 0 Å². The van der Waals surface area contributed by atoms with E-state index in [1.165, 1.54) is 36.0 Å². The van der Waals surface area contributed by atoms with Crippen molar-refractivity contribution >= 4 is 27.9 Å². The molecule has 1 aromatic heterocycles. The van der Waals surface area contributed by atoms with Crippen LogP contribution in [0, 0.1) is 26.9 Å². The van der Waals surface area contributed by atoms with Crippen LogP contribution in [0.15, 0.2) is 34.7 Å². The van der Waals surface area contributed by atoms with Crippen LogP contribution in [0.2, 0.25) is 0 Å². The number of anilines is 1. The summed E-state index contributed by atoms with van der Waals surface area (Å²) in [6, 6.07) is 6.54. The van der Waals surface area contributed by atoms with E-state index in [1.54, 1.807) is 12.1 Å².